The van der Waals surface area contributed by atoms with Gasteiger partial charge in [-0.2, -0.15) is 0 Å². The number of rotatable bonds is 1. The maximum Gasteiger partial charge on any atom is 0.255 e. The van der Waals surface area contributed by atoms with E-state index in [0.717, 1.165) is 6.42 Å². The van der Waals surface area contributed by atoms with E-state index in [4.69, 9.17) is 0 Å². The van der Waals surface area contributed by atoms with E-state index in [1.807, 2.05) is 0 Å². The first-order valence-corrected chi connectivity index (χ1v) is 6.27. The van der Waals surface area contributed by atoms with Crippen molar-refractivity contribution < 1.29 is 14.7 Å². The molecule has 102 valence electrons. The second kappa shape index (κ2) is 5.69. The highest BCUT2D eigenvalue weighted by Gasteiger charge is 2.21. The maximum absolute atomic E-state index is 12.3. The first-order chi connectivity index (χ1) is 9.08. The van der Waals surface area contributed by atoms with Crippen molar-refractivity contribution in [3.63, 3.8) is 0 Å². The molecule has 0 bridgehead atoms. The molecule has 0 unspecified atom stereocenters. The number of aromatic nitrogens is 1. The summed E-state index contributed by atoms with van der Waals surface area (Å²) >= 11 is 0. The van der Waals surface area contributed by atoms with E-state index in [9.17, 15) is 14.7 Å². The van der Waals surface area contributed by atoms with Gasteiger partial charge >= 0.3 is 0 Å². The molecule has 6 heteroatoms. The van der Waals surface area contributed by atoms with Crippen LogP contribution in [0.15, 0.2) is 18.5 Å². The lowest BCUT2D eigenvalue weighted by molar-refractivity contribution is -0.128. The Kier molecular flexibility index (Phi) is 3.99. The van der Waals surface area contributed by atoms with Gasteiger partial charge in [0.2, 0.25) is 5.91 Å². The summed E-state index contributed by atoms with van der Waals surface area (Å²) in [6, 6.07) is 1.41. The van der Waals surface area contributed by atoms with Crippen LogP contribution in [0.1, 0.15) is 23.7 Å². The summed E-state index contributed by atoms with van der Waals surface area (Å²) in [5, 5.41) is 9.34. The Morgan fingerprint density at radius 1 is 1.16 bits per heavy atom. The van der Waals surface area contributed by atoms with E-state index < -0.39 is 0 Å². The predicted molar refractivity (Wildman–Crippen MR) is 68.7 cm³/mol. The van der Waals surface area contributed by atoms with Gasteiger partial charge in [-0.25, -0.2) is 0 Å². The molecule has 2 rings (SSSR count). The SMILES string of the molecule is CC(=O)N1CCCN(C(=O)c2cncc(O)c2)CC1. The number of nitrogens with zero attached hydrogens (tertiary/aromatic N) is 3. The summed E-state index contributed by atoms with van der Waals surface area (Å²) < 4.78 is 0. The van der Waals surface area contributed by atoms with Gasteiger partial charge in [-0.05, 0) is 12.5 Å². The number of carbonyl (C=O) groups excluding carboxylic acids is 2. The highest BCUT2D eigenvalue weighted by atomic mass is 16.3. The van der Waals surface area contributed by atoms with Gasteiger partial charge in [0.25, 0.3) is 5.91 Å². The zero-order chi connectivity index (χ0) is 13.8. The molecule has 1 N–H and O–H groups in total. The van der Waals surface area contributed by atoms with Gasteiger partial charge in [-0.15, -0.1) is 0 Å². The first kappa shape index (κ1) is 13.3. The fourth-order valence-electron chi connectivity index (χ4n) is 2.16. The van der Waals surface area contributed by atoms with Crippen LogP contribution in [0, 0.1) is 0 Å². The monoisotopic (exact) mass is 263 g/mol. The van der Waals surface area contributed by atoms with Gasteiger partial charge in [0, 0.05) is 39.3 Å². The quantitative estimate of drug-likeness (QED) is 0.800. The van der Waals surface area contributed by atoms with Crippen LogP contribution >= 0.6 is 0 Å². The average Bonchev–Trinajstić information content (AvgIpc) is 2.63. The number of hydrogen-bond donors (Lipinski definition) is 1. The van der Waals surface area contributed by atoms with Gasteiger partial charge in [-0.3, -0.25) is 14.6 Å². The fourth-order valence-corrected chi connectivity index (χ4v) is 2.16. The fraction of sp³-hybridized carbons (Fsp3) is 0.462. The van der Waals surface area contributed by atoms with Crippen LogP contribution in [0.3, 0.4) is 0 Å². The summed E-state index contributed by atoms with van der Waals surface area (Å²) in [6.45, 7) is 3.88. The van der Waals surface area contributed by atoms with Crippen LogP contribution in [0.2, 0.25) is 0 Å². The number of aromatic hydroxyl groups is 1. The van der Waals surface area contributed by atoms with Crippen LogP contribution in [-0.2, 0) is 4.79 Å². The molecule has 0 saturated carbocycles. The molecule has 1 aromatic heterocycles. The number of carbonyl (C=O) groups is 2. The van der Waals surface area contributed by atoms with Gasteiger partial charge in [-0.1, -0.05) is 0 Å². The number of pyridine rings is 1. The van der Waals surface area contributed by atoms with Gasteiger partial charge < -0.3 is 14.9 Å². The number of hydrogen-bond acceptors (Lipinski definition) is 4. The standard InChI is InChI=1S/C13H17N3O3/c1-10(17)15-3-2-4-16(6-5-15)13(19)11-7-12(18)9-14-8-11/h7-9,18H,2-6H2,1H3. The summed E-state index contributed by atoms with van der Waals surface area (Å²) in [7, 11) is 0. The Morgan fingerprint density at radius 2 is 1.84 bits per heavy atom. The minimum Gasteiger partial charge on any atom is -0.506 e. The van der Waals surface area contributed by atoms with E-state index in [1.165, 1.54) is 25.4 Å². The highest BCUT2D eigenvalue weighted by molar-refractivity contribution is 5.94. The molecule has 6 nitrogen and oxygen atoms in total. The van der Waals surface area contributed by atoms with Gasteiger partial charge in [0.15, 0.2) is 0 Å². The maximum atomic E-state index is 12.3. The Labute approximate surface area is 111 Å². The van der Waals surface area contributed by atoms with Crippen LogP contribution in [0.4, 0.5) is 0 Å². The third-order valence-electron chi connectivity index (χ3n) is 3.20. The van der Waals surface area contributed by atoms with Crippen LogP contribution in [0.5, 0.6) is 5.75 Å². The molecule has 0 radical (unpaired) electrons. The summed E-state index contributed by atoms with van der Waals surface area (Å²) in [4.78, 5) is 30.8. The third kappa shape index (κ3) is 3.21. The zero-order valence-corrected chi connectivity index (χ0v) is 10.9. The molecule has 1 fully saturated rings. The molecule has 1 saturated heterocycles. The lowest BCUT2D eigenvalue weighted by Gasteiger charge is -2.21. The van der Waals surface area contributed by atoms with Crippen molar-refractivity contribution in [1.82, 2.24) is 14.8 Å². The topological polar surface area (TPSA) is 73.7 Å². The normalized spacial score (nSPS) is 16.1. The molecule has 0 atom stereocenters. The van der Waals surface area contributed by atoms with Crippen molar-refractivity contribution in [2.24, 2.45) is 0 Å². The van der Waals surface area contributed by atoms with Crippen LogP contribution in [0.25, 0.3) is 0 Å². The second-order valence-electron chi connectivity index (χ2n) is 4.58. The molecular formula is C13H17N3O3. The second-order valence-corrected chi connectivity index (χ2v) is 4.58. The first-order valence-electron chi connectivity index (χ1n) is 6.27. The largest absolute Gasteiger partial charge is 0.506 e. The molecule has 1 aromatic rings. The van der Waals surface area contributed by atoms with E-state index in [2.05, 4.69) is 4.98 Å². The Bertz CT molecular complexity index is 490. The van der Waals surface area contributed by atoms with E-state index in [0.29, 0.717) is 31.7 Å². The molecule has 1 aliphatic rings. The Hall–Kier alpha value is -2.11. The lowest BCUT2D eigenvalue weighted by Crippen LogP contribution is -2.36. The summed E-state index contributed by atoms with van der Waals surface area (Å²) in [5.74, 6) is -0.145. The van der Waals surface area contributed by atoms with Gasteiger partial charge in [0.1, 0.15) is 5.75 Å². The molecule has 0 aliphatic carbocycles. The summed E-state index contributed by atoms with van der Waals surface area (Å²) in [6.07, 6.45) is 3.49. The molecule has 2 heterocycles. The lowest BCUT2D eigenvalue weighted by atomic mass is 10.2. The minimum atomic E-state index is -0.159. The van der Waals surface area contributed by atoms with E-state index >= 15 is 0 Å². The van der Waals surface area contributed by atoms with Crippen LogP contribution in [-0.4, -0.2) is 57.9 Å². The number of amides is 2. The molecule has 1 aliphatic heterocycles. The van der Waals surface area contributed by atoms with Gasteiger partial charge in [0.05, 0.1) is 11.8 Å². The highest BCUT2D eigenvalue weighted by Crippen LogP contribution is 2.13. The molecule has 0 aromatic carbocycles. The molecular weight excluding hydrogens is 246 g/mol. The third-order valence-corrected chi connectivity index (χ3v) is 3.20. The molecule has 2 amide bonds. The van der Waals surface area contributed by atoms with Crippen molar-refractivity contribution in [2.75, 3.05) is 26.2 Å². The van der Waals surface area contributed by atoms with Crippen molar-refractivity contribution in [1.29, 1.82) is 0 Å². The Balaban J connectivity index is 2.06. The smallest absolute Gasteiger partial charge is 0.255 e. The summed E-state index contributed by atoms with van der Waals surface area (Å²) in [5.41, 5.74) is 0.372. The zero-order valence-electron chi connectivity index (χ0n) is 10.9. The predicted octanol–water partition coefficient (Wildman–Crippen LogP) is 0.482. The molecule has 19 heavy (non-hydrogen) atoms. The van der Waals surface area contributed by atoms with Crippen molar-refractivity contribution in [2.45, 2.75) is 13.3 Å². The van der Waals surface area contributed by atoms with Crippen molar-refractivity contribution in [3.05, 3.63) is 24.0 Å². The van der Waals surface area contributed by atoms with Crippen molar-refractivity contribution >= 4 is 11.8 Å². The van der Waals surface area contributed by atoms with E-state index in [-0.39, 0.29) is 17.6 Å². The van der Waals surface area contributed by atoms with Crippen molar-refractivity contribution in [3.8, 4) is 5.75 Å². The van der Waals surface area contributed by atoms with Crippen LogP contribution < -0.4 is 0 Å². The van der Waals surface area contributed by atoms with E-state index in [1.54, 1.807) is 9.80 Å². The minimum absolute atomic E-state index is 0.0222. The molecule has 0 spiro atoms. The average molecular weight is 263 g/mol. The Morgan fingerprint density at radius 3 is 2.53 bits per heavy atom.